The lowest BCUT2D eigenvalue weighted by atomic mass is 10.0. The first-order valence-corrected chi connectivity index (χ1v) is 32.1. The van der Waals surface area contributed by atoms with Gasteiger partial charge in [-0.2, -0.15) is 0 Å². The highest BCUT2D eigenvalue weighted by molar-refractivity contribution is 5.76. The molecule has 0 aromatic rings. The summed E-state index contributed by atoms with van der Waals surface area (Å²) < 4.78 is 5.48. The van der Waals surface area contributed by atoms with Gasteiger partial charge < -0.3 is 20.3 Å². The van der Waals surface area contributed by atoms with E-state index < -0.39 is 12.1 Å². The molecule has 0 aromatic carbocycles. The number of carbonyl (C=O) groups is 2. The van der Waals surface area contributed by atoms with Crippen LogP contribution in [0.4, 0.5) is 0 Å². The van der Waals surface area contributed by atoms with Gasteiger partial charge in [-0.25, -0.2) is 0 Å². The average Bonchev–Trinajstić information content (AvgIpc) is 3.37. The standard InChI is InChI=1S/C65H125NO5/c1-3-5-7-9-11-13-15-17-19-26-30-33-37-41-45-49-53-57-63(68)62(61-67)66-64(69)58-54-50-46-42-38-34-31-27-24-22-20-21-23-25-28-32-36-40-44-48-52-56-60-71-65(70)59-55-51-47-43-39-35-29-18-16-14-12-10-8-6-4-2/h18,29,53,57,62-63,67-68H,3-17,19-28,30-52,54-56,58-61H2,1-2H3,(H,66,69)/b29-18-,57-53+. The topological polar surface area (TPSA) is 95.9 Å². The van der Waals surface area contributed by atoms with E-state index >= 15 is 0 Å². The second-order valence-corrected chi connectivity index (χ2v) is 22.1. The zero-order chi connectivity index (χ0) is 51.4. The second kappa shape index (κ2) is 60.9. The average molecular weight is 1000 g/mol. The van der Waals surface area contributed by atoms with Crippen molar-refractivity contribution >= 4 is 11.9 Å². The maximum absolute atomic E-state index is 12.5. The molecule has 1 amide bonds. The lowest BCUT2D eigenvalue weighted by Gasteiger charge is -2.20. The smallest absolute Gasteiger partial charge is 0.305 e. The molecule has 0 saturated carbocycles. The van der Waals surface area contributed by atoms with Crippen molar-refractivity contribution in [2.75, 3.05) is 13.2 Å². The molecular weight excluding hydrogens is 875 g/mol. The van der Waals surface area contributed by atoms with Gasteiger partial charge in [-0.05, 0) is 57.8 Å². The zero-order valence-electron chi connectivity index (χ0n) is 48.0. The SMILES string of the molecule is CCCCCCCC/C=C\CCCCCCCC(=O)OCCCCCCCCCCCCCCCCCCCCCCCCC(=O)NC(CO)C(O)/C=C/CCCCCCCCCCCCCCCCC. The Balaban J connectivity index is 3.40. The van der Waals surface area contributed by atoms with Crippen LogP contribution in [0.25, 0.3) is 0 Å². The number of allylic oxidation sites excluding steroid dienone is 3. The van der Waals surface area contributed by atoms with E-state index in [-0.39, 0.29) is 18.5 Å². The number of aliphatic hydroxyl groups excluding tert-OH is 2. The van der Waals surface area contributed by atoms with Crippen molar-refractivity contribution in [1.29, 1.82) is 0 Å². The molecule has 6 nitrogen and oxygen atoms in total. The summed E-state index contributed by atoms with van der Waals surface area (Å²) in [5.74, 6) is -0.0605. The Hall–Kier alpha value is -1.66. The van der Waals surface area contributed by atoms with Gasteiger partial charge in [0, 0.05) is 12.8 Å². The number of aliphatic hydroxyl groups is 2. The molecular formula is C65H125NO5. The molecule has 0 radical (unpaired) electrons. The fraction of sp³-hybridized carbons (Fsp3) is 0.908. The van der Waals surface area contributed by atoms with Crippen LogP contribution >= 0.6 is 0 Å². The quantitative estimate of drug-likeness (QED) is 0.0320. The van der Waals surface area contributed by atoms with Gasteiger partial charge in [0.25, 0.3) is 0 Å². The van der Waals surface area contributed by atoms with Crippen LogP contribution in [0, 0.1) is 0 Å². The number of esters is 1. The van der Waals surface area contributed by atoms with Crippen LogP contribution in [0.15, 0.2) is 24.3 Å². The van der Waals surface area contributed by atoms with Crippen LogP contribution < -0.4 is 5.32 Å². The number of ether oxygens (including phenoxy) is 1. The van der Waals surface area contributed by atoms with E-state index in [0.29, 0.717) is 19.4 Å². The number of hydrogen-bond donors (Lipinski definition) is 3. The third kappa shape index (κ3) is 57.5. The highest BCUT2D eigenvalue weighted by Gasteiger charge is 2.18. The zero-order valence-corrected chi connectivity index (χ0v) is 48.0. The molecule has 0 bridgehead atoms. The summed E-state index contributed by atoms with van der Waals surface area (Å²) in [5.41, 5.74) is 0. The van der Waals surface area contributed by atoms with Crippen molar-refractivity contribution in [3.8, 4) is 0 Å². The first-order valence-electron chi connectivity index (χ1n) is 32.1. The molecule has 0 aliphatic rings. The van der Waals surface area contributed by atoms with E-state index in [9.17, 15) is 19.8 Å². The summed E-state index contributed by atoms with van der Waals surface area (Å²) in [6.45, 7) is 4.92. The van der Waals surface area contributed by atoms with Gasteiger partial charge >= 0.3 is 5.97 Å². The van der Waals surface area contributed by atoms with Crippen LogP contribution in [0.5, 0.6) is 0 Å². The van der Waals surface area contributed by atoms with Gasteiger partial charge in [0.1, 0.15) is 0 Å². The highest BCUT2D eigenvalue weighted by Crippen LogP contribution is 2.18. The minimum Gasteiger partial charge on any atom is -0.466 e. The molecule has 0 rings (SSSR count). The minimum absolute atomic E-state index is 0.00525. The van der Waals surface area contributed by atoms with Gasteiger partial charge in [-0.3, -0.25) is 9.59 Å². The maximum Gasteiger partial charge on any atom is 0.305 e. The fourth-order valence-electron chi connectivity index (χ4n) is 10.0. The largest absolute Gasteiger partial charge is 0.466 e. The van der Waals surface area contributed by atoms with Crippen molar-refractivity contribution in [2.24, 2.45) is 0 Å². The summed E-state index contributed by atoms with van der Waals surface area (Å²) in [5, 5.41) is 23.2. The minimum atomic E-state index is -0.845. The number of nitrogens with one attached hydrogen (secondary N) is 1. The number of hydrogen-bond acceptors (Lipinski definition) is 5. The van der Waals surface area contributed by atoms with Crippen molar-refractivity contribution < 1.29 is 24.5 Å². The molecule has 71 heavy (non-hydrogen) atoms. The lowest BCUT2D eigenvalue weighted by molar-refractivity contribution is -0.143. The monoisotopic (exact) mass is 1000 g/mol. The van der Waals surface area contributed by atoms with Gasteiger partial charge in [0.15, 0.2) is 0 Å². The molecule has 420 valence electrons. The van der Waals surface area contributed by atoms with Gasteiger partial charge in [-0.1, -0.05) is 308 Å². The van der Waals surface area contributed by atoms with Crippen molar-refractivity contribution in [3.05, 3.63) is 24.3 Å². The third-order valence-corrected chi connectivity index (χ3v) is 15.0. The molecule has 0 fully saturated rings. The molecule has 3 N–H and O–H groups in total. The Morgan fingerprint density at radius 3 is 1.00 bits per heavy atom. The number of carbonyl (C=O) groups excluding carboxylic acids is 2. The van der Waals surface area contributed by atoms with Gasteiger partial charge in [0.05, 0.1) is 25.4 Å². The Morgan fingerprint density at radius 2 is 0.662 bits per heavy atom. The summed E-state index contributed by atoms with van der Waals surface area (Å²) in [7, 11) is 0. The fourth-order valence-corrected chi connectivity index (χ4v) is 10.0. The van der Waals surface area contributed by atoms with Crippen molar-refractivity contribution in [2.45, 2.75) is 366 Å². The summed E-state index contributed by atoms with van der Waals surface area (Å²) in [4.78, 5) is 24.5. The van der Waals surface area contributed by atoms with Gasteiger partial charge in [0.2, 0.25) is 5.91 Å². The van der Waals surface area contributed by atoms with E-state index in [0.717, 1.165) is 44.9 Å². The Bertz CT molecular complexity index is 1110. The number of unbranched alkanes of at least 4 members (excludes halogenated alkanes) is 47. The van der Waals surface area contributed by atoms with Crippen molar-refractivity contribution in [1.82, 2.24) is 5.32 Å². The Kier molecular flexibility index (Phi) is 59.5. The normalized spacial score (nSPS) is 12.7. The third-order valence-electron chi connectivity index (χ3n) is 15.0. The molecule has 0 spiro atoms. The Morgan fingerprint density at radius 1 is 0.380 bits per heavy atom. The lowest BCUT2D eigenvalue weighted by Crippen LogP contribution is -2.45. The first kappa shape index (κ1) is 69.3. The molecule has 0 saturated heterocycles. The second-order valence-electron chi connectivity index (χ2n) is 22.1. The predicted molar refractivity (Wildman–Crippen MR) is 310 cm³/mol. The molecule has 0 heterocycles. The van der Waals surface area contributed by atoms with Crippen LogP contribution in [-0.2, 0) is 14.3 Å². The summed E-state index contributed by atoms with van der Waals surface area (Å²) in [6.07, 6.45) is 75.1. The molecule has 0 aliphatic carbocycles. The van der Waals surface area contributed by atoms with E-state index in [1.807, 2.05) is 6.08 Å². The van der Waals surface area contributed by atoms with E-state index in [4.69, 9.17) is 4.74 Å². The van der Waals surface area contributed by atoms with Crippen LogP contribution in [0.1, 0.15) is 354 Å². The first-order chi connectivity index (χ1) is 35.0. The predicted octanol–water partition coefficient (Wildman–Crippen LogP) is 20.2. The van der Waals surface area contributed by atoms with Gasteiger partial charge in [-0.15, -0.1) is 0 Å². The molecule has 0 aromatic heterocycles. The summed E-state index contributed by atoms with van der Waals surface area (Å²) >= 11 is 0. The molecule has 2 atom stereocenters. The van der Waals surface area contributed by atoms with E-state index in [1.165, 1.54) is 283 Å². The van der Waals surface area contributed by atoms with Crippen LogP contribution in [0.3, 0.4) is 0 Å². The molecule has 0 aliphatic heterocycles. The summed E-state index contributed by atoms with van der Waals surface area (Å²) in [6, 6.07) is -0.628. The van der Waals surface area contributed by atoms with Crippen LogP contribution in [-0.4, -0.2) is 47.4 Å². The maximum atomic E-state index is 12.5. The number of rotatable bonds is 60. The van der Waals surface area contributed by atoms with Crippen molar-refractivity contribution in [3.63, 3.8) is 0 Å². The number of amides is 1. The van der Waals surface area contributed by atoms with E-state index in [1.54, 1.807) is 6.08 Å². The van der Waals surface area contributed by atoms with E-state index in [2.05, 4.69) is 31.3 Å². The highest BCUT2D eigenvalue weighted by atomic mass is 16.5. The van der Waals surface area contributed by atoms with Crippen LogP contribution in [0.2, 0.25) is 0 Å². The Labute approximate surface area is 443 Å². The molecule has 2 unspecified atom stereocenters. The molecule has 6 heteroatoms.